The summed E-state index contributed by atoms with van der Waals surface area (Å²) in [6.07, 6.45) is -5.29. The monoisotopic (exact) mass is 213 g/mol. The van der Waals surface area contributed by atoms with Crippen LogP contribution in [0, 0.1) is 0 Å². The van der Waals surface area contributed by atoms with Gasteiger partial charge >= 0.3 is 12.1 Å². The maximum absolute atomic E-state index is 11.8. The van der Waals surface area contributed by atoms with Crippen molar-refractivity contribution >= 4 is 5.91 Å². The summed E-state index contributed by atoms with van der Waals surface area (Å²) in [5.74, 6) is -1.97. The molecule has 1 rings (SSSR count). The van der Waals surface area contributed by atoms with Gasteiger partial charge in [0.05, 0.1) is 19.3 Å². The lowest BCUT2D eigenvalue weighted by atomic mass is 10.3. The third kappa shape index (κ3) is 3.15. The number of hydrogen-bond acceptors (Lipinski definition) is 3. The van der Waals surface area contributed by atoms with E-state index >= 15 is 0 Å². The fourth-order valence-corrected chi connectivity index (χ4v) is 0.950. The van der Waals surface area contributed by atoms with Crippen LogP contribution in [0.1, 0.15) is 6.92 Å². The molecular formula is C7H10F3NO3. The molecule has 7 heteroatoms. The van der Waals surface area contributed by atoms with Gasteiger partial charge in [0.2, 0.25) is 0 Å². The van der Waals surface area contributed by atoms with Crippen molar-refractivity contribution in [2.45, 2.75) is 25.4 Å². The quantitative estimate of drug-likeness (QED) is 0.687. The molecule has 0 saturated carbocycles. The summed E-state index contributed by atoms with van der Waals surface area (Å²) in [6, 6.07) is -0.736. The normalized spacial score (nSPS) is 28.6. The van der Waals surface area contributed by atoms with Gasteiger partial charge in [-0.3, -0.25) is 4.79 Å². The van der Waals surface area contributed by atoms with Crippen LogP contribution in [0.3, 0.4) is 0 Å². The predicted octanol–water partition coefficient (Wildman–Crippen LogP) is 0.426. The first-order valence-electron chi connectivity index (χ1n) is 4.00. The molecule has 0 spiro atoms. The van der Waals surface area contributed by atoms with E-state index in [2.05, 4.69) is 0 Å². The lowest BCUT2D eigenvalue weighted by molar-refractivity contribution is -0.192. The molecule has 1 N–H and O–H groups in total. The Morgan fingerprint density at radius 1 is 1.36 bits per heavy atom. The van der Waals surface area contributed by atoms with E-state index < -0.39 is 24.4 Å². The zero-order valence-corrected chi connectivity index (χ0v) is 7.43. The molecule has 1 saturated heterocycles. The van der Waals surface area contributed by atoms with Gasteiger partial charge in [-0.1, -0.05) is 0 Å². The summed E-state index contributed by atoms with van der Waals surface area (Å²) >= 11 is 0. The zero-order valence-electron chi connectivity index (χ0n) is 7.43. The van der Waals surface area contributed by atoms with Crippen LogP contribution in [0.5, 0.6) is 0 Å². The van der Waals surface area contributed by atoms with Crippen molar-refractivity contribution in [3.8, 4) is 0 Å². The molecule has 0 aromatic rings. The fourth-order valence-electron chi connectivity index (χ4n) is 0.950. The first kappa shape index (κ1) is 11.3. The Hall–Kier alpha value is -0.820. The van der Waals surface area contributed by atoms with Crippen LogP contribution in [-0.2, 0) is 14.3 Å². The number of carbonyl (C=O) groups is 1. The molecule has 0 bridgehead atoms. The molecule has 0 radical (unpaired) electrons. The third-order valence-electron chi connectivity index (χ3n) is 1.66. The highest BCUT2D eigenvalue weighted by Gasteiger charge is 2.40. The number of hydrogen-bond donors (Lipinski definition) is 1. The fraction of sp³-hybridized carbons (Fsp3) is 0.857. The first-order chi connectivity index (χ1) is 6.39. The van der Waals surface area contributed by atoms with E-state index in [0.29, 0.717) is 0 Å². The second-order valence-electron chi connectivity index (χ2n) is 2.90. The number of amides is 1. The van der Waals surface area contributed by atoms with Gasteiger partial charge in [-0.05, 0) is 6.92 Å². The van der Waals surface area contributed by atoms with Crippen molar-refractivity contribution in [3.05, 3.63) is 0 Å². The highest BCUT2D eigenvalue weighted by Crippen LogP contribution is 2.15. The minimum absolute atomic E-state index is 0.0307. The summed E-state index contributed by atoms with van der Waals surface area (Å²) in [5, 5.41) is 1.77. The SMILES string of the molecule is CC1OCC(NC(=O)C(F)(F)F)CO1. The molecule has 1 fully saturated rings. The van der Waals surface area contributed by atoms with E-state index in [9.17, 15) is 18.0 Å². The molecule has 0 aliphatic carbocycles. The molecule has 0 atom stereocenters. The van der Waals surface area contributed by atoms with Gasteiger partial charge in [-0.2, -0.15) is 13.2 Å². The van der Waals surface area contributed by atoms with Crippen molar-refractivity contribution in [2.75, 3.05) is 13.2 Å². The molecule has 14 heavy (non-hydrogen) atoms. The van der Waals surface area contributed by atoms with E-state index in [1.165, 1.54) is 0 Å². The number of ether oxygens (including phenoxy) is 2. The smallest absolute Gasteiger partial charge is 0.351 e. The van der Waals surface area contributed by atoms with Crippen molar-refractivity contribution in [3.63, 3.8) is 0 Å². The Bertz CT molecular complexity index is 211. The molecule has 0 unspecified atom stereocenters. The lowest BCUT2D eigenvalue weighted by Gasteiger charge is -2.27. The largest absolute Gasteiger partial charge is 0.471 e. The second-order valence-corrected chi connectivity index (χ2v) is 2.90. The van der Waals surface area contributed by atoms with Gasteiger partial charge in [-0.15, -0.1) is 0 Å². The Balaban J connectivity index is 2.35. The highest BCUT2D eigenvalue weighted by atomic mass is 19.4. The van der Waals surface area contributed by atoms with Gasteiger partial charge in [0, 0.05) is 0 Å². The topological polar surface area (TPSA) is 47.6 Å². The summed E-state index contributed by atoms with van der Waals surface area (Å²) in [6.45, 7) is 1.69. The van der Waals surface area contributed by atoms with Gasteiger partial charge < -0.3 is 14.8 Å². The van der Waals surface area contributed by atoms with E-state index in [4.69, 9.17) is 9.47 Å². The molecule has 0 aromatic carbocycles. The average molecular weight is 213 g/mol. The summed E-state index contributed by atoms with van der Waals surface area (Å²) in [4.78, 5) is 10.5. The Morgan fingerprint density at radius 2 is 1.86 bits per heavy atom. The highest BCUT2D eigenvalue weighted by molar-refractivity contribution is 5.81. The van der Waals surface area contributed by atoms with Crippen LogP contribution >= 0.6 is 0 Å². The standard InChI is InChI=1S/C7H10F3NO3/c1-4-13-2-5(3-14-4)11-6(12)7(8,9)10/h4-5H,2-3H2,1H3,(H,11,12). The van der Waals surface area contributed by atoms with E-state index in [0.717, 1.165) is 0 Å². The summed E-state index contributed by atoms with van der Waals surface area (Å²) in [7, 11) is 0. The van der Waals surface area contributed by atoms with Crippen molar-refractivity contribution < 1.29 is 27.4 Å². The Kier molecular flexibility index (Phi) is 3.33. The minimum atomic E-state index is -4.86. The van der Waals surface area contributed by atoms with Crippen molar-refractivity contribution in [2.24, 2.45) is 0 Å². The zero-order chi connectivity index (χ0) is 10.8. The summed E-state index contributed by atoms with van der Waals surface area (Å²) in [5.41, 5.74) is 0. The molecule has 1 aliphatic heterocycles. The number of carbonyl (C=O) groups excluding carboxylic acids is 1. The van der Waals surface area contributed by atoms with Crippen LogP contribution < -0.4 is 5.32 Å². The number of halogens is 3. The van der Waals surface area contributed by atoms with Crippen LogP contribution in [0.4, 0.5) is 13.2 Å². The average Bonchev–Trinajstić information content (AvgIpc) is 2.07. The predicted molar refractivity (Wildman–Crippen MR) is 39.4 cm³/mol. The van der Waals surface area contributed by atoms with E-state index in [1.807, 2.05) is 0 Å². The molecule has 4 nitrogen and oxygen atoms in total. The van der Waals surface area contributed by atoms with Crippen LogP contribution in [0.25, 0.3) is 0 Å². The number of rotatable bonds is 1. The maximum Gasteiger partial charge on any atom is 0.471 e. The number of nitrogens with one attached hydrogen (secondary N) is 1. The van der Waals surface area contributed by atoms with Crippen molar-refractivity contribution in [1.82, 2.24) is 5.32 Å². The third-order valence-corrected chi connectivity index (χ3v) is 1.66. The maximum atomic E-state index is 11.8. The minimum Gasteiger partial charge on any atom is -0.351 e. The van der Waals surface area contributed by atoms with Crippen LogP contribution in [0.15, 0.2) is 0 Å². The van der Waals surface area contributed by atoms with Crippen molar-refractivity contribution in [1.29, 1.82) is 0 Å². The Morgan fingerprint density at radius 3 is 2.29 bits per heavy atom. The van der Waals surface area contributed by atoms with E-state index in [1.54, 1.807) is 12.2 Å². The molecule has 1 aliphatic rings. The lowest BCUT2D eigenvalue weighted by Crippen LogP contribution is -2.50. The van der Waals surface area contributed by atoms with Gasteiger partial charge in [0.1, 0.15) is 0 Å². The summed E-state index contributed by atoms with van der Waals surface area (Å²) < 4.78 is 45.2. The molecule has 0 aromatic heterocycles. The van der Waals surface area contributed by atoms with E-state index in [-0.39, 0.29) is 13.2 Å². The van der Waals surface area contributed by atoms with Gasteiger partial charge in [0.25, 0.3) is 0 Å². The van der Waals surface area contributed by atoms with Gasteiger partial charge in [0.15, 0.2) is 6.29 Å². The number of alkyl halides is 3. The molecule has 1 amide bonds. The Labute approximate surface area is 78.4 Å². The van der Waals surface area contributed by atoms with Crippen LogP contribution in [0.2, 0.25) is 0 Å². The van der Waals surface area contributed by atoms with Gasteiger partial charge in [-0.25, -0.2) is 0 Å². The molecular weight excluding hydrogens is 203 g/mol. The second kappa shape index (κ2) is 4.14. The first-order valence-corrected chi connectivity index (χ1v) is 4.00. The van der Waals surface area contributed by atoms with Crippen LogP contribution in [-0.4, -0.2) is 37.6 Å². The molecule has 82 valence electrons. The molecule has 1 heterocycles.